The molecule has 1 saturated heterocycles. The summed E-state index contributed by atoms with van der Waals surface area (Å²) in [5.74, 6) is -0.325. The first-order valence-corrected chi connectivity index (χ1v) is 7.92. The second-order valence-corrected chi connectivity index (χ2v) is 5.71. The molecule has 21 heavy (non-hydrogen) atoms. The Balaban J connectivity index is 2.13. The molecule has 1 heterocycles. The first-order chi connectivity index (χ1) is 10.2. The molecule has 1 aliphatic heterocycles. The Morgan fingerprint density at radius 2 is 2.05 bits per heavy atom. The first-order valence-electron chi connectivity index (χ1n) is 7.04. The van der Waals surface area contributed by atoms with Gasteiger partial charge in [0.1, 0.15) is 5.25 Å². The van der Waals surface area contributed by atoms with Gasteiger partial charge in [-0.1, -0.05) is 30.0 Å². The molecule has 0 aliphatic carbocycles. The lowest BCUT2D eigenvalue weighted by Gasteiger charge is -2.15. The number of nitrogens with one attached hydrogen (secondary N) is 1. The smallest absolute Gasteiger partial charge is 0.247 e. The minimum absolute atomic E-state index is 0.156. The molecule has 0 unspecified atom stereocenters. The number of para-hydroxylation sites is 1. The Bertz CT molecular complexity index is 545. The molecule has 0 radical (unpaired) electrons. The molecule has 1 fully saturated rings. The van der Waals surface area contributed by atoms with E-state index in [1.807, 2.05) is 32.0 Å². The number of amidine groups is 1. The molecule has 0 aromatic heterocycles. The van der Waals surface area contributed by atoms with E-state index < -0.39 is 5.25 Å². The Hall–Kier alpha value is -1.82. The van der Waals surface area contributed by atoms with Gasteiger partial charge >= 0.3 is 0 Å². The lowest BCUT2D eigenvalue weighted by atomic mass is 10.3. The predicted octanol–water partition coefficient (Wildman–Crippen LogP) is 2.04. The molecule has 2 amide bonds. The van der Waals surface area contributed by atoms with E-state index in [9.17, 15) is 9.59 Å². The van der Waals surface area contributed by atoms with Crippen LogP contribution in [0.4, 0.5) is 5.69 Å². The van der Waals surface area contributed by atoms with Gasteiger partial charge in [0, 0.05) is 19.5 Å². The normalized spacial score (nSPS) is 19.2. The second-order valence-electron chi connectivity index (χ2n) is 4.52. The van der Waals surface area contributed by atoms with Crippen LogP contribution >= 0.6 is 11.8 Å². The second kappa shape index (κ2) is 7.26. The molecule has 0 saturated carbocycles. The number of rotatable bonds is 4. The summed E-state index contributed by atoms with van der Waals surface area (Å²) in [7, 11) is 0. The number of anilines is 1. The molecule has 1 atom stereocenters. The van der Waals surface area contributed by atoms with Crippen molar-refractivity contribution >= 4 is 34.4 Å². The highest BCUT2D eigenvalue weighted by Crippen LogP contribution is 2.29. The molecule has 1 N–H and O–H groups in total. The third kappa shape index (κ3) is 3.64. The highest BCUT2D eigenvalue weighted by atomic mass is 32.2. The zero-order chi connectivity index (χ0) is 15.2. The van der Waals surface area contributed by atoms with Crippen molar-refractivity contribution in [3.63, 3.8) is 0 Å². The van der Waals surface area contributed by atoms with Crippen molar-refractivity contribution in [3.05, 3.63) is 30.3 Å². The van der Waals surface area contributed by atoms with E-state index in [1.54, 1.807) is 12.1 Å². The van der Waals surface area contributed by atoms with Crippen LogP contribution in [0, 0.1) is 0 Å². The average molecular weight is 305 g/mol. The molecule has 1 aromatic rings. The lowest BCUT2D eigenvalue weighted by molar-refractivity contribution is -0.121. The van der Waals surface area contributed by atoms with Crippen LogP contribution in [0.15, 0.2) is 35.3 Å². The summed E-state index contributed by atoms with van der Waals surface area (Å²) in [6.45, 7) is 5.30. The summed E-state index contributed by atoms with van der Waals surface area (Å²) in [6.07, 6.45) is 0.215. The van der Waals surface area contributed by atoms with E-state index in [0.717, 1.165) is 11.7 Å². The number of thioether (sulfide) groups is 1. The lowest BCUT2D eigenvalue weighted by Crippen LogP contribution is -2.32. The Morgan fingerprint density at radius 1 is 1.33 bits per heavy atom. The van der Waals surface area contributed by atoms with Gasteiger partial charge in [-0.15, -0.1) is 0 Å². The van der Waals surface area contributed by atoms with E-state index in [1.165, 1.54) is 16.7 Å². The van der Waals surface area contributed by atoms with E-state index in [2.05, 4.69) is 10.3 Å². The van der Waals surface area contributed by atoms with Crippen LogP contribution in [0.2, 0.25) is 0 Å². The summed E-state index contributed by atoms with van der Waals surface area (Å²) < 4.78 is 0. The number of carbonyl (C=O) groups is 2. The number of amides is 2. The minimum Gasteiger partial charge on any atom is -0.365 e. The van der Waals surface area contributed by atoms with Crippen LogP contribution < -0.4 is 10.2 Å². The van der Waals surface area contributed by atoms with Gasteiger partial charge in [-0.2, -0.15) is 0 Å². The van der Waals surface area contributed by atoms with Crippen molar-refractivity contribution in [1.82, 2.24) is 5.32 Å². The molecule has 0 bridgehead atoms. The third-order valence-electron chi connectivity index (χ3n) is 3.00. The fourth-order valence-corrected chi connectivity index (χ4v) is 3.24. The van der Waals surface area contributed by atoms with Gasteiger partial charge in [-0.05, 0) is 26.0 Å². The van der Waals surface area contributed by atoms with Crippen LogP contribution in [0.5, 0.6) is 0 Å². The maximum Gasteiger partial charge on any atom is 0.247 e. The first kappa shape index (κ1) is 15.6. The molecule has 1 aromatic carbocycles. The van der Waals surface area contributed by atoms with Gasteiger partial charge in [-0.3, -0.25) is 14.6 Å². The molecule has 0 spiro atoms. The number of carbonyl (C=O) groups excluding carboxylic acids is 2. The molecule has 2 rings (SSSR count). The van der Waals surface area contributed by atoms with Gasteiger partial charge < -0.3 is 5.32 Å². The predicted molar refractivity (Wildman–Crippen MR) is 86.6 cm³/mol. The van der Waals surface area contributed by atoms with Crippen molar-refractivity contribution < 1.29 is 9.59 Å². The monoisotopic (exact) mass is 305 g/mol. The largest absolute Gasteiger partial charge is 0.365 e. The van der Waals surface area contributed by atoms with E-state index in [4.69, 9.17) is 0 Å². The van der Waals surface area contributed by atoms with Gasteiger partial charge in [-0.25, -0.2) is 4.90 Å². The maximum absolute atomic E-state index is 12.5. The van der Waals surface area contributed by atoms with Gasteiger partial charge in [0.15, 0.2) is 5.17 Å². The zero-order valence-electron chi connectivity index (χ0n) is 12.2. The summed E-state index contributed by atoms with van der Waals surface area (Å²) in [5.41, 5.74) is 0.632. The number of hydrogen-bond acceptors (Lipinski definition) is 4. The minimum atomic E-state index is -0.401. The fourth-order valence-electron chi connectivity index (χ4n) is 2.11. The quantitative estimate of drug-likeness (QED) is 0.525. The highest BCUT2D eigenvalue weighted by Gasteiger charge is 2.40. The highest BCUT2D eigenvalue weighted by molar-refractivity contribution is 8.15. The van der Waals surface area contributed by atoms with Crippen molar-refractivity contribution in [3.8, 4) is 0 Å². The average Bonchev–Trinajstić information content (AvgIpc) is 2.75. The third-order valence-corrected chi connectivity index (χ3v) is 4.15. The van der Waals surface area contributed by atoms with Crippen LogP contribution in [-0.4, -0.2) is 35.3 Å². The van der Waals surface area contributed by atoms with Crippen LogP contribution in [0.1, 0.15) is 20.3 Å². The summed E-state index contributed by atoms with van der Waals surface area (Å²) in [6, 6.07) is 9.04. The summed E-state index contributed by atoms with van der Waals surface area (Å²) in [4.78, 5) is 30.2. The maximum atomic E-state index is 12.5. The molecule has 6 heteroatoms. The molecule has 1 aliphatic rings. The van der Waals surface area contributed by atoms with E-state index in [-0.39, 0.29) is 18.2 Å². The number of aliphatic imine (C=N–C) groups is 1. The van der Waals surface area contributed by atoms with Crippen LogP contribution in [0.3, 0.4) is 0 Å². The van der Waals surface area contributed by atoms with Crippen molar-refractivity contribution in [2.45, 2.75) is 25.5 Å². The van der Waals surface area contributed by atoms with Gasteiger partial charge in [0.2, 0.25) is 11.8 Å². The summed E-state index contributed by atoms with van der Waals surface area (Å²) >= 11 is 1.34. The number of benzene rings is 1. The Kier molecular flexibility index (Phi) is 5.38. The Labute approximate surface area is 128 Å². The van der Waals surface area contributed by atoms with Crippen LogP contribution in [0.25, 0.3) is 0 Å². The SMILES string of the molecule is CCN=C(NCC)S[C@H]1CC(=O)N(c2ccccc2)C1=O. The fraction of sp³-hybridized carbons (Fsp3) is 0.400. The van der Waals surface area contributed by atoms with Gasteiger partial charge in [0.05, 0.1) is 5.69 Å². The number of hydrogen-bond donors (Lipinski definition) is 1. The van der Waals surface area contributed by atoms with Crippen molar-refractivity contribution in [2.24, 2.45) is 4.99 Å². The van der Waals surface area contributed by atoms with Crippen molar-refractivity contribution in [2.75, 3.05) is 18.0 Å². The topological polar surface area (TPSA) is 61.8 Å². The Morgan fingerprint density at radius 3 is 2.67 bits per heavy atom. The van der Waals surface area contributed by atoms with E-state index >= 15 is 0 Å². The molecule has 112 valence electrons. The molecular weight excluding hydrogens is 286 g/mol. The molecular formula is C15H19N3O2S. The standard InChI is InChI=1S/C15H19N3O2S/c1-3-16-15(17-4-2)21-12-10-13(19)18(14(12)20)11-8-6-5-7-9-11/h5-9,12H,3-4,10H2,1-2H3,(H,16,17)/t12-/m0/s1. The zero-order valence-corrected chi connectivity index (χ0v) is 13.0. The number of nitrogens with zero attached hydrogens (tertiary/aromatic N) is 2. The van der Waals surface area contributed by atoms with Crippen molar-refractivity contribution in [1.29, 1.82) is 0 Å². The van der Waals surface area contributed by atoms with E-state index in [0.29, 0.717) is 12.2 Å². The van der Waals surface area contributed by atoms with Crippen LogP contribution in [-0.2, 0) is 9.59 Å². The molecule has 5 nitrogen and oxygen atoms in total. The van der Waals surface area contributed by atoms with Gasteiger partial charge in [0.25, 0.3) is 0 Å². The summed E-state index contributed by atoms with van der Waals surface area (Å²) in [5, 5.41) is 3.45. The number of imide groups is 1.